The largest absolute Gasteiger partial charge is 0.494 e. The minimum atomic E-state index is -0.202. The number of fused-ring (bicyclic) bond motifs is 6. The zero-order valence-corrected chi connectivity index (χ0v) is 53.2. The Labute approximate surface area is 547 Å². The van der Waals surface area contributed by atoms with Gasteiger partial charge in [-0.1, -0.05) is 296 Å². The Kier molecular flexibility index (Phi) is 19.6. The van der Waals surface area contributed by atoms with E-state index in [0.717, 1.165) is 77.7 Å². The van der Waals surface area contributed by atoms with Crippen molar-refractivity contribution < 1.29 is 9.47 Å². The van der Waals surface area contributed by atoms with E-state index in [4.69, 9.17) is 15.2 Å². The summed E-state index contributed by atoms with van der Waals surface area (Å²) in [4.78, 5) is 0. The number of hydrogen-bond donors (Lipinski definition) is 1. The van der Waals surface area contributed by atoms with Crippen molar-refractivity contribution in [3.8, 4) is 56.0 Å². The van der Waals surface area contributed by atoms with Crippen LogP contribution in [0.5, 0.6) is 11.5 Å². The topological polar surface area (TPSA) is 44.5 Å². The summed E-state index contributed by atoms with van der Waals surface area (Å²) < 4.78 is 13.3. The summed E-state index contributed by atoms with van der Waals surface area (Å²) in [6.07, 6.45) is 10.8. The van der Waals surface area contributed by atoms with Crippen LogP contribution in [0.4, 0.5) is 5.69 Å². The van der Waals surface area contributed by atoms with Crippen LogP contribution in [0.2, 0.25) is 0 Å². The van der Waals surface area contributed by atoms with E-state index in [2.05, 4.69) is 241 Å². The third kappa shape index (κ3) is 13.8. The summed E-state index contributed by atoms with van der Waals surface area (Å²) in [5.74, 6) is 1.83. The number of nitrogen functional groups attached to an aromatic ring is 1. The molecule has 0 bridgehead atoms. The quantitative estimate of drug-likeness (QED) is 0.0611. The number of rotatable bonds is 20. The lowest BCUT2D eigenvalue weighted by Crippen LogP contribution is -2.27. The second kappa shape index (κ2) is 29.1. The van der Waals surface area contributed by atoms with Crippen LogP contribution in [0.25, 0.3) is 56.7 Å². The summed E-state index contributed by atoms with van der Waals surface area (Å²) in [6, 6.07) is 108. The third-order valence-electron chi connectivity index (χ3n) is 18.0. The number of ether oxygens (including phenoxy) is 2. The van der Waals surface area contributed by atoms with Gasteiger partial charge in [-0.3, -0.25) is 0 Å². The van der Waals surface area contributed by atoms with E-state index in [1.807, 2.05) is 103 Å². The van der Waals surface area contributed by atoms with Gasteiger partial charge in [0.05, 0.1) is 13.2 Å². The highest BCUT2D eigenvalue weighted by Crippen LogP contribution is 2.57. The van der Waals surface area contributed by atoms with Gasteiger partial charge < -0.3 is 15.2 Å². The number of nitrogens with two attached hydrogens (primary N) is 1. The lowest BCUT2D eigenvalue weighted by atomic mass is 9.69. The van der Waals surface area contributed by atoms with E-state index in [0.29, 0.717) is 13.2 Å². The summed E-state index contributed by atoms with van der Waals surface area (Å²) in [5, 5.41) is 0. The normalized spacial score (nSPS) is 14.6. The van der Waals surface area contributed by atoms with Gasteiger partial charge in [-0.15, -0.1) is 0 Å². The Hall–Kier alpha value is -10.0. The summed E-state index contributed by atoms with van der Waals surface area (Å²) >= 11 is 3.74. The molecule has 0 aliphatic heterocycles. The van der Waals surface area contributed by atoms with Crippen LogP contribution in [-0.2, 0) is 17.3 Å². The number of anilines is 1. The van der Waals surface area contributed by atoms with Crippen molar-refractivity contribution in [2.75, 3.05) is 18.9 Å². The minimum Gasteiger partial charge on any atom is -0.494 e. The third-order valence-corrected chi connectivity index (χ3v) is 18.5. The predicted molar refractivity (Wildman–Crippen MR) is 387 cm³/mol. The Balaban J connectivity index is 0.000000151. The number of halogens is 1. The van der Waals surface area contributed by atoms with Crippen molar-refractivity contribution in [1.82, 2.24) is 0 Å². The van der Waals surface area contributed by atoms with Crippen LogP contribution in [0.15, 0.2) is 321 Å². The van der Waals surface area contributed by atoms with Crippen molar-refractivity contribution in [1.29, 1.82) is 0 Å². The molecule has 2 aliphatic carbocycles. The Morgan fingerprint density at radius 2 is 0.714 bits per heavy atom. The zero-order chi connectivity index (χ0) is 62.2. The van der Waals surface area contributed by atoms with Crippen molar-refractivity contribution >= 4 is 33.8 Å². The maximum Gasteiger partial charge on any atom is 0.119 e. The lowest BCUT2D eigenvalue weighted by molar-refractivity contribution is 0.301. The first-order valence-corrected chi connectivity index (χ1v) is 32.6. The Bertz CT molecular complexity index is 4340. The predicted octanol–water partition coefficient (Wildman–Crippen LogP) is 22.7. The van der Waals surface area contributed by atoms with E-state index in [1.54, 1.807) is 0 Å². The van der Waals surface area contributed by atoms with Crippen LogP contribution in [0.1, 0.15) is 94.2 Å². The van der Waals surface area contributed by atoms with Gasteiger partial charge in [0.25, 0.3) is 0 Å². The van der Waals surface area contributed by atoms with Crippen LogP contribution >= 0.6 is 15.9 Å². The van der Waals surface area contributed by atoms with Crippen LogP contribution in [0, 0.1) is 0 Å². The lowest BCUT2D eigenvalue weighted by Gasteiger charge is -2.33. The molecule has 0 saturated carbocycles. The fourth-order valence-electron chi connectivity index (χ4n) is 13.5. The molecule has 3 nitrogen and oxygen atoms in total. The molecule has 4 heteroatoms. The number of unbranched alkanes of at least 4 members (excludes halogenated alkanes) is 2. The molecule has 2 atom stereocenters. The maximum atomic E-state index is 6.14. The molecule has 0 saturated heterocycles. The molecule has 0 aromatic heterocycles. The van der Waals surface area contributed by atoms with E-state index in [1.165, 1.54) is 89.0 Å². The van der Waals surface area contributed by atoms with Gasteiger partial charge in [0.15, 0.2) is 0 Å². The Morgan fingerprint density at radius 3 is 1.18 bits per heavy atom. The molecule has 448 valence electrons. The molecule has 0 fully saturated rings. The number of benzene rings is 12. The standard InChI is InChI=1S/C44H38O.C31H27BrO.C12H11N/c1-2-33-21-26-39(27-22-33)45-30-12-11-29-44(38-15-7-4-8-16-38)42-18-10-9-17-40(42)41-28-23-35(32-43(41)44)31-34-19-24-37(25-20-34)36-13-5-3-6-14-36;1-2-23-14-17-26(18-15-23)33-21-9-8-20-31(24-10-4-3-5-11-24)29-13-7-6-12-27(29)28-19-16-25(32)22-30(28)31;13-12-8-6-11(7-9-12)10-4-2-1-3-5-10/h2-10,13-28,32H,1,11-12,29-31H2;2-7,10-19,22H,1,8-9,20-21H2;1-9H,13H2. The monoisotopic (exact) mass is 1250 g/mol. The smallest absolute Gasteiger partial charge is 0.119 e. The fraction of sp³-hybridized carbons (Fsp3) is 0.126. The van der Waals surface area contributed by atoms with Crippen LogP contribution in [-0.4, -0.2) is 13.2 Å². The van der Waals surface area contributed by atoms with Gasteiger partial charge in [0, 0.05) is 21.0 Å². The second-order valence-electron chi connectivity index (χ2n) is 23.6. The molecule has 0 amide bonds. The van der Waals surface area contributed by atoms with Gasteiger partial charge in [-0.25, -0.2) is 0 Å². The van der Waals surface area contributed by atoms with Gasteiger partial charge in [-0.2, -0.15) is 0 Å². The van der Waals surface area contributed by atoms with Crippen molar-refractivity contribution in [2.24, 2.45) is 0 Å². The molecule has 2 aliphatic rings. The van der Waals surface area contributed by atoms with E-state index in [9.17, 15) is 0 Å². The second-order valence-corrected chi connectivity index (χ2v) is 24.5. The number of hydrogen-bond acceptors (Lipinski definition) is 3. The Morgan fingerprint density at radius 1 is 0.341 bits per heavy atom. The highest BCUT2D eigenvalue weighted by Gasteiger charge is 2.45. The van der Waals surface area contributed by atoms with Gasteiger partial charge in [-0.05, 0) is 194 Å². The molecule has 91 heavy (non-hydrogen) atoms. The van der Waals surface area contributed by atoms with Crippen LogP contribution in [0.3, 0.4) is 0 Å². The van der Waals surface area contributed by atoms with Crippen LogP contribution < -0.4 is 15.2 Å². The van der Waals surface area contributed by atoms with E-state index < -0.39 is 0 Å². The average molecular weight is 1250 g/mol. The fourth-order valence-corrected chi connectivity index (χ4v) is 13.9. The molecule has 2 unspecified atom stereocenters. The van der Waals surface area contributed by atoms with Crippen molar-refractivity contribution in [2.45, 2.75) is 55.8 Å². The highest BCUT2D eigenvalue weighted by molar-refractivity contribution is 9.10. The summed E-state index contributed by atoms with van der Waals surface area (Å²) in [7, 11) is 0. The molecular formula is C87H76BrNO2. The first-order chi connectivity index (χ1) is 44.8. The van der Waals surface area contributed by atoms with Gasteiger partial charge in [0.1, 0.15) is 11.5 Å². The molecule has 12 aromatic carbocycles. The molecule has 0 radical (unpaired) electrons. The van der Waals surface area contributed by atoms with Crippen molar-refractivity contribution in [3.05, 3.63) is 377 Å². The zero-order valence-electron chi connectivity index (χ0n) is 51.6. The van der Waals surface area contributed by atoms with Crippen molar-refractivity contribution in [3.63, 3.8) is 0 Å². The summed E-state index contributed by atoms with van der Waals surface area (Å²) in [5.41, 5.74) is 29.6. The highest BCUT2D eigenvalue weighted by atomic mass is 79.9. The molecular weight excluding hydrogens is 1170 g/mol. The van der Waals surface area contributed by atoms with E-state index >= 15 is 0 Å². The molecule has 0 spiro atoms. The molecule has 2 N–H and O–H groups in total. The first kappa shape index (κ1) is 61.2. The maximum absolute atomic E-state index is 6.14. The minimum absolute atomic E-state index is 0.150. The molecule has 14 rings (SSSR count). The molecule has 0 heterocycles. The molecule has 12 aromatic rings. The van der Waals surface area contributed by atoms with E-state index in [-0.39, 0.29) is 10.8 Å². The summed E-state index contributed by atoms with van der Waals surface area (Å²) in [6.45, 7) is 9.07. The van der Waals surface area contributed by atoms with Gasteiger partial charge in [0.2, 0.25) is 0 Å². The first-order valence-electron chi connectivity index (χ1n) is 31.8. The van der Waals surface area contributed by atoms with Gasteiger partial charge >= 0.3 is 0 Å². The SMILES string of the molecule is C=Cc1ccc(OCCCCC2(c3ccccc3)c3ccccc3-c3ccc(Br)cc32)cc1.C=Cc1ccc(OCCCCC2(c3ccccc3)c3ccccc3-c3ccc(Cc4ccc(-c5ccccc5)cc4)cc32)cc1.Nc1ccc(-c2ccccc2)cc1. The average Bonchev–Trinajstić information content (AvgIpc) is 1.67.